The molecule has 0 fully saturated rings. The van der Waals surface area contributed by atoms with Crippen LogP contribution in [0.5, 0.6) is 0 Å². The van der Waals surface area contributed by atoms with Gasteiger partial charge >= 0.3 is 0 Å². The first kappa shape index (κ1) is 19.6. The van der Waals surface area contributed by atoms with E-state index in [0.29, 0.717) is 12.1 Å². The normalized spacial score (nSPS) is 13.7. The zero-order valence-corrected chi connectivity index (χ0v) is 14.0. The number of hydrogen-bond acceptors (Lipinski definition) is 5. The second kappa shape index (κ2) is 8.79. The lowest BCUT2D eigenvalue weighted by Crippen LogP contribution is -2.47. The maximum atomic E-state index is 12.2. The summed E-state index contributed by atoms with van der Waals surface area (Å²) in [5, 5.41) is 13.9. The number of carbonyl (C=O) groups is 2. The van der Waals surface area contributed by atoms with Crippen LogP contribution in [0.2, 0.25) is 0 Å². The Morgan fingerprint density at radius 2 is 1.76 bits per heavy atom. The van der Waals surface area contributed by atoms with Crippen LogP contribution in [-0.4, -0.2) is 58.6 Å². The number of amides is 1. The number of likely N-dealkylation sites (N-methyl/N-ethyl adjacent to an activating group) is 1. The fourth-order valence-electron chi connectivity index (χ4n) is 2.03. The average molecular weight is 299 g/mol. The first-order valence-corrected chi connectivity index (χ1v) is 7.31. The Labute approximate surface area is 127 Å². The summed E-state index contributed by atoms with van der Waals surface area (Å²) < 4.78 is 0. The van der Waals surface area contributed by atoms with Crippen LogP contribution in [0.4, 0.5) is 0 Å². The minimum Gasteiger partial charge on any atom is -0.339 e. The first-order valence-electron chi connectivity index (χ1n) is 7.31. The first-order chi connectivity index (χ1) is 9.61. The Balaban J connectivity index is 4.56. The third kappa shape index (κ3) is 6.27. The van der Waals surface area contributed by atoms with Gasteiger partial charge in [-0.05, 0) is 13.8 Å². The monoisotopic (exact) mass is 299 g/mol. The number of hydroxylamine groups is 2. The van der Waals surface area contributed by atoms with Crippen molar-refractivity contribution in [2.45, 2.75) is 59.2 Å². The highest BCUT2D eigenvalue weighted by atomic mass is 16.5. The van der Waals surface area contributed by atoms with Gasteiger partial charge in [0.15, 0.2) is 5.78 Å². The molecule has 6 heteroatoms. The molecule has 0 aromatic rings. The molecular formula is C15H29N3O3. The van der Waals surface area contributed by atoms with E-state index in [4.69, 9.17) is 0 Å². The van der Waals surface area contributed by atoms with Crippen molar-refractivity contribution in [2.75, 3.05) is 13.6 Å². The summed E-state index contributed by atoms with van der Waals surface area (Å²) >= 11 is 0. The molecule has 0 aliphatic heterocycles. The summed E-state index contributed by atoms with van der Waals surface area (Å²) in [6.45, 7) is 13.0. The lowest BCUT2D eigenvalue weighted by Gasteiger charge is -2.29. The van der Waals surface area contributed by atoms with Crippen LogP contribution in [-0.2, 0) is 9.59 Å². The molecular weight excluding hydrogens is 270 g/mol. The molecule has 21 heavy (non-hydrogen) atoms. The molecule has 6 nitrogen and oxygen atoms in total. The molecule has 122 valence electrons. The fraction of sp³-hybridized carbons (Fsp3) is 0.733. The van der Waals surface area contributed by atoms with E-state index in [1.54, 1.807) is 27.8 Å². The van der Waals surface area contributed by atoms with Crippen molar-refractivity contribution in [3.05, 3.63) is 12.3 Å². The van der Waals surface area contributed by atoms with Crippen molar-refractivity contribution in [1.29, 1.82) is 0 Å². The summed E-state index contributed by atoms with van der Waals surface area (Å²) in [4.78, 5) is 25.2. The number of carbonyl (C=O) groups excluding carboxylic acids is 2. The van der Waals surface area contributed by atoms with Crippen LogP contribution >= 0.6 is 0 Å². The standard InChI is InChI=1S/C15H29N3O3/c1-8-14(19)13(6)18(21)11(4)9-17(7)15(20)12(5)16-10(2)3/h10,12-13,16,21H,4,8-9H2,1-3,5-7H3. The number of Topliss-reactive ketones (excluding diaryl/α,β-unsaturated/α-hetero) is 1. The van der Waals surface area contributed by atoms with E-state index in [1.165, 1.54) is 4.90 Å². The molecule has 0 rings (SSSR count). The van der Waals surface area contributed by atoms with Crippen molar-refractivity contribution < 1.29 is 14.8 Å². The van der Waals surface area contributed by atoms with E-state index in [-0.39, 0.29) is 30.3 Å². The van der Waals surface area contributed by atoms with E-state index >= 15 is 0 Å². The van der Waals surface area contributed by atoms with Crippen molar-refractivity contribution in [2.24, 2.45) is 0 Å². The highest BCUT2D eigenvalue weighted by Gasteiger charge is 2.23. The van der Waals surface area contributed by atoms with Crippen molar-refractivity contribution >= 4 is 11.7 Å². The molecule has 2 atom stereocenters. The predicted octanol–water partition coefficient (Wildman–Crippen LogP) is 1.40. The lowest BCUT2D eigenvalue weighted by molar-refractivity contribution is -0.142. The van der Waals surface area contributed by atoms with Crippen molar-refractivity contribution in [1.82, 2.24) is 15.3 Å². The number of rotatable bonds is 9. The van der Waals surface area contributed by atoms with Crippen LogP contribution < -0.4 is 5.32 Å². The predicted molar refractivity (Wildman–Crippen MR) is 82.9 cm³/mol. The van der Waals surface area contributed by atoms with Gasteiger partial charge in [-0.15, -0.1) is 0 Å². The molecule has 2 N–H and O–H groups in total. The Hall–Kier alpha value is -1.40. The molecule has 0 radical (unpaired) electrons. The molecule has 0 heterocycles. The number of nitrogens with one attached hydrogen (secondary N) is 1. The highest BCUT2D eigenvalue weighted by Crippen LogP contribution is 2.09. The molecule has 0 spiro atoms. The molecule has 0 aromatic heterocycles. The van der Waals surface area contributed by atoms with Gasteiger partial charge in [-0.1, -0.05) is 27.4 Å². The second-order valence-electron chi connectivity index (χ2n) is 5.64. The van der Waals surface area contributed by atoms with Crippen LogP contribution in [0.1, 0.15) is 41.0 Å². The summed E-state index contributed by atoms with van der Waals surface area (Å²) in [6.07, 6.45) is 0.343. The molecule has 0 bridgehead atoms. The van der Waals surface area contributed by atoms with Gasteiger partial charge in [0.05, 0.1) is 18.3 Å². The van der Waals surface area contributed by atoms with Crippen LogP contribution in [0.25, 0.3) is 0 Å². The average Bonchev–Trinajstić information content (AvgIpc) is 2.42. The molecule has 2 unspecified atom stereocenters. The van der Waals surface area contributed by atoms with E-state index in [9.17, 15) is 14.8 Å². The van der Waals surface area contributed by atoms with Crippen LogP contribution in [0.15, 0.2) is 12.3 Å². The zero-order valence-electron chi connectivity index (χ0n) is 14.0. The maximum absolute atomic E-state index is 12.2. The highest BCUT2D eigenvalue weighted by molar-refractivity contribution is 5.83. The van der Waals surface area contributed by atoms with Gasteiger partial charge in [-0.3, -0.25) is 14.8 Å². The topological polar surface area (TPSA) is 72.9 Å². The van der Waals surface area contributed by atoms with Crippen molar-refractivity contribution in [3.63, 3.8) is 0 Å². The Kier molecular flexibility index (Phi) is 8.21. The Bertz CT molecular complexity index is 382. The second-order valence-corrected chi connectivity index (χ2v) is 5.64. The van der Waals surface area contributed by atoms with Crippen LogP contribution in [0.3, 0.4) is 0 Å². The van der Waals surface area contributed by atoms with E-state index in [2.05, 4.69) is 11.9 Å². The smallest absolute Gasteiger partial charge is 0.239 e. The molecule has 0 saturated heterocycles. The Morgan fingerprint density at radius 3 is 2.19 bits per heavy atom. The van der Waals surface area contributed by atoms with E-state index in [0.717, 1.165) is 5.06 Å². The lowest BCUT2D eigenvalue weighted by atomic mass is 10.1. The van der Waals surface area contributed by atoms with E-state index < -0.39 is 6.04 Å². The summed E-state index contributed by atoms with van der Waals surface area (Å²) in [6, 6.07) is -0.765. The van der Waals surface area contributed by atoms with Gasteiger partial charge in [-0.25, -0.2) is 5.06 Å². The number of hydrogen-bond donors (Lipinski definition) is 2. The molecule has 0 aliphatic carbocycles. The van der Waals surface area contributed by atoms with Gasteiger partial charge in [0.2, 0.25) is 5.91 Å². The third-order valence-corrected chi connectivity index (χ3v) is 3.25. The Morgan fingerprint density at radius 1 is 1.24 bits per heavy atom. The summed E-state index contributed by atoms with van der Waals surface area (Å²) in [5.74, 6) is -0.171. The van der Waals surface area contributed by atoms with Gasteiger partial charge < -0.3 is 10.2 Å². The van der Waals surface area contributed by atoms with Gasteiger partial charge in [0, 0.05) is 19.5 Å². The summed E-state index contributed by atoms with van der Waals surface area (Å²) in [7, 11) is 1.65. The third-order valence-electron chi connectivity index (χ3n) is 3.25. The molecule has 0 saturated carbocycles. The molecule has 0 aromatic carbocycles. The van der Waals surface area contributed by atoms with Crippen LogP contribution in [0, 0.1) is 0 Å². The SMILES string of the molecule is C=C(CN(C)C(=O)C(C)NC(C)C)N(O)C(C)C(=O)CC. The minimum atomic E-state index is -0.655. The molecule has 0 aliphatic rings. The van der Waals surface area contributed by atoms with Crippen molar-refractivity contribution in [3.8, 4) is 0 Å². The quantitative estimate of drug-likeness (QED) is 0.630. The van der Waals surface area contributed by atoms with E-state index in [1.807, 2.05) is 13.8 Å². The minimum absolute atomic E-state index is 0.0810. The van der Waals surface area contributed by atoms with Gasteiger partial charge in [0.1, 0.15) is 6.04 Å². The fourth-order valence-corrected chi connectivity index (χ4v) is 2.03. The van der Waals surface area contributed by atoms with Gasteiger partial charge in [0.25, 0.3) is 0 Å². The molecule has 1 amide bonds. The number of ketones is 1. The number of nitrogens with zero attached hydrogens (tertiary/aromatic N) is 2. The van der Waals surface area contributed by atoms with Gasteiger partial charge in [-0.2, -0.15) is 0 Å². The zero-order chi connectivity index (χ0) is 16.7. The maximum Gasteiger partial charge on any atom is 0.239 e. The largest absolute Gasteiger partial charge is 0.339 e. The summed E-state index contributed by atoms with van der Waals surface area (Å²) in [5.41, 5.74) is 0.317.